The molecule has 1 aromatic rings. The van der Waals surface area contributed by atoms with Crippen LogP contribution in [0.2, 0.25) is 0 Å². The zero-order valence-electron chi connectivity index (χ0n) is 9.39. The molecular weight excluding hydrogens is 343 g/mol. The van der Waals surface area contributed by atoms with E-state index in [1.807, 2.05) is 0 Å². The highest BCUT2D eigenvalue weighted by Gasteiger charge is 2.23. The van der Waals surface area contributed by atoms with Gasteiger partial charge in [-0.3, -0.25) is 4.79 Å². The Labute approximate surface area is 112 Å². The number of carbonyl (C=O) groups excluding carboxylic acids is 1. The van der Waals surface area contributed by atoms with E-state index in [2.05, 4.69) is 27.9 Å². The number of halogens is 3. The Bertz CT molecular complexity index is 418. The molecule has 0 aliphatic carbocycles. The lowest BCUT2D eigenvalue weighted by molar-refractivity contribution is 0.0220. The molecule has 1 rings (SSSR count). The summed E-state index contributed by atoms with van der Waals surface area (Å²) < 4.78 is 31.1. The maximum Gasteiger partial charge on any atom is 0.262 e. The fourth-order valence-electron chi connectivity index (χ4n) is 1.18. The molecule has 1 N–H and O–H groups in total. The minimum atomic E-state index is -2.92. The summed E-state index contributed by atoms with van der Waals surface area (Å²) in [4.78, 5) is 11.7. The summed E-state index contributed by atoms with van der Waals surface area (Å²) in [6.07, 6.45) is 0. The normalized spacial score (nSPS) is 11.1. The molecule has 0 saturated heterocycles. The van der Waals surface area contributed by atoms with Crippen LogP contribution in [0.5, 0.6) is 5.75 Å². The number of carbonyl (C=O) groups is 1. The van der Waals surface area contributed by atoms with E-state index in [1.54, 1.807) is 18.2 Å². The lowest BCUT2D eigenvalue weighted by atomic mass is 10.2. The highest BCUT2D eigenvalue weighted by Crippen LogP contribution is 2.21. The van der Waals surface area contributed by atoms with Crippen molar-refractivity contribution >= 4 is 28.5 Å². The number of amides is 1. The Balaban J connectivity index is 2.82. The molecule has 94 valence electrons. The van der Waals surface area contributed by atoms with Gasteiger partial charge in [0, 0.05) is 10.5 Å². The molecule has 0 spiro atoms. The van der Waals surface area contributed by atoms with E-state index in [0.717, 1.165) is 10.5 Å². The van der Waals surface area contributed by atoms with Crippen LogP contribution in [0.3, 0.4) is 0 Å². The van der Waals surface area contributed by atoms with Crippen molar-refractivity contribution in [2.45, 2.75) is 12.8 Å². The van der Waals surface area contributed by atoms with Crippen LogP contribution in [0.1, 0.15) is 17.3 Å². The molecule has 0 bridgehead atoms. The van der Waals surface area contributed by atoms with Crippen molar-refractivity contribution in [3.8, 4) is 5.75 Å². The summed E-state index contributed by atoms with van der Waals surface area (Å²) in [5.74, 6) is -3.12. The predicted molar refractivity (Wildman–Crippen MR) is 68.7 cm³/mol. The molecule has 0 heterocycles. The number of rotatable bonds is 4. The van der Waals surface area contributed by atoms with Gasteiger partial charge in [0.15, 0.2) is 0 Å². The van der Waals surface area contributed by atoms with Crippen LogP contribution in [0, 0.1) is 3.57 Å². The van der Waals surface area contributed by atoms with E-state index in [9.17, 15) is 13.6 Å². The molecule has 0 unspecified atom stereocenters. The van der Waals surface area contributed by atoms with Crippen LogP contribution in [0.4, 0.5) is 8.78 Å². The van der Waals surface area contributed by atoms with Gasteiger partial charge in [-0.2, -0.15) is 0 Å². The van der Waals surface area contributed by atoms with E-state index in [0.29, 0.717) is 5.75 Å². The minimum Gasteiger partial charge on any atom is -0.496 e. The van der Waals surface area contributed by atoms with Crippen LogP contribution in [-0.2, 0) is 0 Å². The van der Waals surface area contributed by atoms with Crippen LogP contribution >= 0.6 is 22.6 Å². The summed E-state index contributed by atoms with van der Waals surface area (Å²) in [6.45, 7) is 0.0550. The third-order valence-electron chi connectivity index (χ3n) is 1.97. The summed E-state index contributed by atoms with van der Waals surface area (Å²) >= 11 is 2.07. The van der Waals surface area contributed by atoms with Crippen LogP contribution < -0.4 is 10.1 Å². The molecular formula is C11H12F2INO2. The van der Waals surface area contributed by atoms with Gasteiger partial charge in [-0.25, -0.2) is 8.78 Å². The molecule has 0 aliphatic heterocycles. The first-order valence-electron chi connectivity index (χ1n) is 4.83. The first-order valence-corrected chi connectivity index (χ1v) is 5.91. The van der Waals surface area contributed by atoms with Gasteiger partial charge in [0.05, 0.1) is 19.2 Å². The Morgan fingerprint density at radius 1 is 1.53 bits per heavy atom. The number of hydrogen-bond acceptors (Lipinski definition) is 2. The second-order valence-corrected chi connectivity index (χ2v) is 4.84. The van der Waals surface area contributed by atoms with Gasteiger partial charge in [0.25, 0.3) is 11.8 Å². The first kappa shape index (κ1) is 14.1. The van der Waals surface area contributed by atoms with Gasteiger partial charge in [-0.15, -0.1) is 0 Å². The number of alkyl halides is 2. The van der Waals surface area contributed by atoms with E-state index in [1.165, 1.54) is 7.11 Å². The smallest absolute Gasteiger partial charge is 0.262 e. The van der Waals surface area contributed by atoms with Crippen molar-refractivity contribution in [1.29, 1.82) is 0 Å². The van der Waals surface area contributed by atoms with Crippen molar-refractivity contribution < 1.29 is 18.3 Å². The average molecular weight is 355 g/mol. The summed E-state index contributed by atoms with van der Waals surface area (Å²) in [5.41, 5.74) is 0.247. The average Bonchev–Trinajstić information content (AvgIpc) is 2.24. The number of hydrogen-bond donors (Lipinski definition) is 1. The standard InChI is InChI=1S/C11H12F2INO2/c1-11(12,13)6-15-10(16)8-4-3-7(14)5-9(8)17-2/h3-5H,6H2,1-2H3,(H,15,16). The molecule has 0 atom stereocenters. The third kappa shape index (κ3) is 4.45. The van der Waals surface area contributed by atoms with E-state index < -0.39 is 18.4 Å². The molecule has 0 aliphatic rings. The molecule has 0 fully saturated rings. The zero-order valence-corrected chi connectivity index (χ0v) is 11.5. The van der Waals surface area contributed by atoms with E-state index >= 15 is 0 Å². The number of methoxy groups -OCH3 is 1. The Hall–Kier alpha value is -0.920. The molecule has 17 heavy (non-hydrogen) atoms. The lowest BCUT2D eigenvalue weighted by Gasteiger charge is -2.13. The van der Waals surface area contributed by atoms with Gasteiger partial charge in [-0.05, 0) is 40.8 Å². The third-order valence-corrected chi connectivity index (χ3v) is 2.64. The van der Waals surface area contributed by atoms with Crippen molar-refractivity contribution in [1.82, 2.24) is 5.32 Å². The Morgan fingerprint density at radius 2 is 2.18 bits per heavy atom. The maximum atomic E-state index is 12.6. The van der Waals surface area contributed by atoms with Crippen molar-refractivity contribution in [2.24, 2.45) is 0 Å². The van der Waals surface area contributed by atoms with Gasteiger partial charge in [0.1, 0.15) is 5.75 Å². The molecule has 6 heteroatoms. The minimum absolute atomic E-state index is 0.247. The van der Waals surface area contributed by atoms with Crippen LogP contribution in [-0.4, -0.2) is 25.5 Å². The van der Waals surface area contributed by atoms with Crippen LogP contribution in [0.15, 0.2) is 18.2 Å². The first-order chi connectivity index (χ1) is 7.83. The monoisotopic (exact) mass is 355 g/mol. The maximum absolute atomic E-state index is 12.6. The SMILES string of the molecule is COc1cc(I)ccc1C(=O)NCC(C)(F)F. The second kappa shape index (κ2) is 5.61. The zero-order chi connectivity index (χ0) is 13.1. The number of nitrogens with one attached hydrogen (secondary N) is 1. The lowest BCUT2D eigenvalue weighted by Crippen LogP contribution is -2.34. The van der Waals surface area contributed by atoms with E-state index in [4.69, 9.17) is 4.74 Å². The molecule has 0 aromatic heterocycles. The van der Waals surface area contributed by atoms with E-state index in [-0.39, 0.29) is 5.56 Å². The Kier molecular flexibility index (Phi) is 4.67. The number of benzene rings is 1. The largest absolute Gasteiger partial charge is 0.496 e. The quantitative estimate of drug-likeness (QED) is 0.844. The van der Waals surface area contributed by atoms with Crippen molar-refractivity contribution in [3.05, 3.63) is 27.3 Å². The molecule has 1 amide bonds. The van der Waals surface area contributed by atoms with Gasteiger partial charge < -0.3 is 10.1 Å². The highest BCUT2D eigenvalue weighted by molar-refractivity contribution is 14.1. The summed E-state index contributed by atoms with van der Waals surface area (Å²) in [6, 6.07) is 4.92. The fraction of sp³-hybridized carbons (Fsp3) is 0.364. The van der Waals surface area contributed by atoms with Crippen molar-refractivity contribution in [2.75, 3.05) is 13.7 Å². The predicted octanol–water partition coefficient (Wildman–Crippen LogP) is 2.68. The number of ether oxygens (including phenoxy) is 1. The van der Waals surface area contributed by atoms with Crippen LogP contribution in [0.25, 0.3) is 0 Å². The molecule has 3 nitrogen and oxygen atoms in total. The molecule has 1 aromatic carbocycles. The fourth-order valence-corrected chi connectivity index (χ4v) is 1.65. The molecule has 0 radical (unpaired) electrons. The summed E-state index contributed by atoms with van der Waals surface area (Å²) in [7, 11) is 1.43. The summed E-state index contributed by atoms with van der Waals surface area (Å²) in [5, 5.41) is 2.16. The topological polar surface area (TPSA) is 38.3 Å². The van der Waals surface area contributed by atoms with Gasteiger partial charge in [0.2, 0.25) is 0 Å². The molecule has 0 saturated carbocycles. The van der Waals surface area contributed by atoms with Gasteiger partial charge >= 0.3 is 0 Å². The van der Waals surface area contributed by atoms with Gasteiger partial charge in [-0.1, -0.05) is 0 Å². The van der Waals surface area contributed by atoms with Crippen molar-refractivity contribution in [3.63, 3.8) is 0 Å². The second-order valence-electron chi connectivity index (χ2n) is 3.60. The Morgan fingerprint density at radius 3 is 2.71 bits per heavy atom. The highest BCUT2D eigenvalue weighted by atomic mass is 127.